The fourth-order valence-corrected chi connectivity index (χ4v) is 2.94. The summed E-state index contributed by atoms with van der Waals surface area (Å²) < 4.78 is 6.74. The molecule has 0 radical (unpaired) electrons. The minimum atomic E-state index is -0.491. The van der Waals surface area contributed by atoms with Crippen molar-refractivity contribution in [3.63, 3.8) is 0 Å². The second-order valence-corrected chi connectivity index (χ2v) is 5.90. The van der Waals surface area contributed by atoms with E-state index in [2.05, 4.69) is 23.2 Å². The van der Waals surface area contributed by atoms with Crippen molar-refractivity contribution >= 4 is 0 Å². The maximum atomic E-state index is 12.2. The largest absolute Gasteiger partial charge is 0.394 e. The first-order valence-corrected chi connectivity index (χ1v) is 8.07. The summed E-state index contributed by atoms with van der Waals surface area (Å²) in [5, 5.41) is 8.85. The molecule has 6 heteroatoms. The minimum Gasteiger partial charge on any atom is -0.394 e. The Hall–Kier alpha value is -2.18. The van der Waals surface area contributed by atoms with Crippen LogP contribution in [0.4, 0.5) is 0 Å². The first-order chi connectivity index (χ1) is 11.5. The summed E-state index contributed by atoms with van der Waals surface area (Å²) in [6, 6.07) is 6.19. The van der Waals surface area contributed by atoms with Gasteiger partial charge in [-0.1, -0.05) is 36.2 Å². The Labute approximate surface area is 140 Å². The molecule has 0 fully saturated rings. The number of rotatable bonds is 7. The molecule has 0 aliphatic carbocycles. The normalized spacial score (nSPS) is 11.0. The molecule has 2 N–H and O–H groups in total. The number of aryl methyl sites for hydroxylation is 2. The standard InChI is InChI=1S/C18H24N2O4/c1-4-15-16(10-14-8-12(2)7-13(3)9-14)20(11-24-6-5-21)18(23)19-17(15)22/h7-9,21H,4-6,10-11H2,1-3H3,(H,19,22,23). The van der Waals surface area contributed by atoms with E-state index in [0.717, 1.165) is 16.7 Å². The van der Waals surface area contributed by atoms with Gasteiger partial charge in [-0.05, 0) is 25.8 Å². The molecule has 0 amide bonds. The van der Waals surface area contributed by atoms with Crippen LogP contribution in [-0.2, 0) is 24.3 Å². The SMILES string of the molecule is CCc1c(Cc2cc(C)cc(C)c2)n(COCCO)c(=O)[nH]c1=O. The van der Waals surface area contributed by atoms with Gasteiger partial charge in [-0.2, -0.15) is 0 Å². The van der Waals surface area contributed by atoms with Crippen LogP contribution in [0.5, 0.6) is 0 Å². The number of aromatic amines is 1. The molecule has 0 aliphatic heterocycles. The molecule has 1 aromatic heterocycles. The predicted molar refractivity (Wildman–Crippen MR) is 92.5 cm³/mol. The monoisotopic (exact) mass is 332 g/mol. The van der Waals surface area contributed by atoms with E-state index >= 15 is 0 Å². The maximum Gasteiger partial charge on any atom is 0.330 e. The van der Waals surface area contributed by atoms with Crippen LogP contribution in [0.25, 0.3) is 0 Å². The van der Waals surface area contributed by atoms with Gasteiger partial charge < -0.3 is 9.84 Å². The van der Waals surface area contributed by atoms with Gasteiger partial charge in [0.1, 0.15) is 6.73 Å². The lowest BCUT2D eigenvalue weighted by Crippen LogP contribution is -2.36. The first-order valence-electron chi connectivity index (χ1n) is 8.07. The number of aliphatic hydroxyl groups excluding tert-OH is 1. The second kappa shape index (κ2) is 8.08. The molecule has 0 spiro atoms. The van der Waals surface area contributed by atoms with Gasteiger partial charge in [0.15, 0.2) is 0 Å². The summed E-state index contributed by atoms with van der Waals surface area (Å²) >= 11 is 0. The number of aliphatic hydroxyl groups is 1. The summed E-state index contributed by atoms with van der Waals surface area (Å²) in [6.45, 7) is 5.95. The number of H-pyrrole nitrogens is 1. The summed E-state index contributed by atoms with van der Waals surface area (Å²) in [4.78, 5) is 26.7. The van der Waals surface area contributed by atoms with Gasteiger partial charge in [-0.3, -0.25) is 14.3 Å². The molecule has 0 saturated carbocycles. The van der Waals surface area contributed by atoms with Gasteiger partial charge in [0.2, 0.25) is 0 Å². The Bertz CT molecular complexity index is 800. The van der Waals surface area contributed by atoms with Gasteiger partial charge in [-0.15, -0.1) is 0 Å². The molecule has 130 valence electrons. The highest BCUT2D eigenvalue weighted by molar-refractivity contribution is 5.33. The molecule has 6 nitrogen and oxygen atoms in total. The van der Waals surface area contributed by atoms with E-state index in [9.17, 15) is 9.59 Å². The zero-order chi connectivity index (χ0) is 17.7. The molecular formula is C18H24N2O4. The quantitative estimate of drug-likeness (QED) is 0.748. The van der Waals surface area contributed by atoms with E-state index in [1.54, 1.807) is 0 Å². The number of hydrogen-bond acceptors (Lipinski definition) is 4. The third kappa shape index (κ3) is 4.21. The van der Waals surface area contributed by atoms with E-state index < -0.39 is 5.69 Å². The molecule has 0 aliphatic rings. The molecule has 2 aromatic rings. The van der Waals surface area contributed by atoms with Gasteiger partial charge in [0.25, 0.3) is 5.56 Å². The predicted octanol–water partition coefficient (Wildman–Crippen LogP) is 1.27. The van der Waals surface area contributed by atoms with Crippen molar-refractivity contribution < 1.29 is 9.84 Å². The molecule has 1 heterocycles. The minimum absolute atomic E-state index is 0.00328. The highest BCUT2D eigenvalue weighted by Gasteiger charge is 2.14. The van der Waals surface area contributed by atoms with Crippen LogP contribution in [0.15, 0.2) is 27.8 Å². The van der Waals surface area contributed by atoms with Crippen molar-refractivity contribution in [1.29, 1.82) is 0 Å². The Morgan fingerprint density at radius 2 is 1.83 bits per heavy atom. The summed E-state index contributed by atoms with van der Waals surface area (Å²) in [6.07, 6.45) is 1.00. The highest BCUT2D eigenvalue weighted by atomic mass is 16.5. The zero-order valence-electron chi connectivity index (χ0n) is 14.4. The van der Waals surface area contributed by atoms with E-state index in [-0.39, 0.29) is 25.5 Å². The third-order valence-corrected chi connectivity index (χ3v) is 3.88. The van der Waals surface area contributed by atoms with Crippen LogP contribution < -0.4 is 11.2 Å². The third-order valence-electron chi connectivity index (χ3n) is 3.88. The topological polar surface area (TPSA) is 84.3 Å². The van der Waals surface area contributed by atoms with Crippen molar-refractivity contribution in [1.82, 2.24) is 9.55 Å². The van der Waals surface area contributed by atoms with Crippen molar-refractivity contribution in [3.05, 3.63) is 67.0 Å². The van der Waals surface area contributed by atoms with Crippen LogP contribution in [0.2, 0.25) is 0 Å². The van der Waals surface area contributed by atoms with Crippen LogP contribution in [-0.4, -0.2) is 27.9 Å². The van der Waals surface area contributed by atoms with E-state index in [1.165, 1.54) is 4.57 Å². The smallest absolute Gasteiger partial charge is 0.330 e. The Kier molecular flexibility index (Phi) is 6.11. The van der Waals surface area contributed by atoms with Crippen LogP contribution in [0.3, 0.4) is 0 Å². The van der Waals surface area contributed by atoms with Crippen LogP contribution in [0, 0.1) is 13.8 Å². The number of aromatic nitrogens is 2. The summed E-state index contributed by atoms with van der Waals surface area (Å²) in [5.41, 5.74) is 3.73. The molecule has 0 bridgehead atoms. The molecule has 2 rings (SSSR count). The molecule has 24 heavy (non-hydrogen) atoms. The van der Waals surface area contributed by atoms with Crippen molar-refractivity contribution in [2.75, 3.05) is 13.2 Å². The van der Waals surface area contributed by atoms with Gasteiger partial charge in [0.05, 0.1) is 13.2 Å². The lowest BCUT2D eigenvalue weighted by atomic mass is 10.0. The number of ether oxygens (including phenoxy) is 1. The Morgan fingerprint density at radius 1 is 1.17 bits per heavy atom. The van der Waals surface area contributed by atoms with Gasteiger partial charge in [0, 0.05) is 17.7 Å². The second-order valence-electron chi connectivity index (χ2n) is 5.90. The molecular weight excluding hydrogens is 308 g/mol. The number of nitrogens with zero attached hydrogens (tertiary/aromatic N) is 1. The van der Waals surface area contributed by atoms with Crippen molar-refractivity contribution in [2.45, 2.75) is 40.3 Å². The molecule has 1 aromatic carbocycles. The Morgan fingerprint density at radius 3 is 2.42 bits per heavy atom. The van der Waals surface area contributed by atoms with Gasteiger partial charge in [-0.25, -0.2) is 4.79 Å². The average Bonchev–Trinajstić information content (AvgIpc) is 2.49. The molecule has 0 unspecified atom stereocenters. The molecule has 0 atom stereocenters. The van der Waals surface area contributed by atoms with Crippen LogP contribution >= 0.6 is 0 Å². The lowest BCUT2D eigenvalue weighted by Gasteiger charge is -2.16. The molecule has 0 saturated heterocycles. The summed E-state index contributed by atoms with van der Waals surface area (Å²) in [5.74, 6) is 0. The van der Waals surface area contributed by atoms with E-state index in [1.807, 2.05) is 20.8 Å². The van der Waals surface area contributed by atoms with Crippen molar-refractivity contribution in [2.24, 2.45) is 0 Å². The fourth-order valence-electron chi connectivity index (χ4n) is 2.94. The van der Waals surface area contributed by atoms with Gasteiger partial charge >= 0.3 is 5.69 Å². The average molecular weight is 332 g/mol. The summed E-state index contributed by atoms with van der Waals surface area (Å²) in [7, 11) is 0. The zero-order valence-corrected chi connectivity index (χ0v) is 14.4. The first kappa shape index (κ1) is 18.2. The fraction of sp³-hybridized carbons (Fsp3) is 0.444. The van der Waals surface area contributed by atoms with Crippen molar-refractivity contribution in [3.8, 4) is 0 Å². The van der Waals surface area contributed by atoms with Crippen LogP contribution in [0.1, 0.15) is 34.9 Å². The van der Waals surface area contributed by atoms with E-state index in [4.69, 9.17) is 9.84 Å². The van der Waals surface area contributed by atoms with E-state index in [0.29, 0.717) is 24.1 Å². The maximum absolute atomic E-state index is 12.2. The lowest BCUT2D eigenvalue weighted by molar-refractivity contribution is 0.0442. The number of nitrogens with one attached hydrogen (secondary N) is 1. The number of benzene rings is 1. The number of hydrogen-bond donors (Lipinski definition) is 2. The highest BCUT2D eigenvalue weighted by Crippen LogP contribution is 2.15. The Balaban J connectivity index is 2.51.